The number of halogens is 4. The van der Waals surface area contributed by atoms with E-state index in [1.54, 1.807) is 13.0 Å². The molecule has 0 fully saturated rings. The third-order valence-electron chi connectivity index (χ3n) is 2.53. The zero-order chi connectivity index (χ0) is 14.6. The Bertz CT molecular complexity index is 463. The number of nitrogens with zero attached hydrogens (tertiary/aromatic N) is 1. The zero-order valence-electron chi connectivity index (χ0n) is 10.3. The number of amides is 1. The van der Waals surface area contributed by atoms with Gasteiger partial charge in [-0.25, -0.2) is 0 Å². The third kappa shape index (κ3) is 4.21. The van der Waals surface area contributed by atoms with Crippen molar-refractivity contribution in [3.05, 3.63) is 28.2 Å². The maximum atomic E-state index is 12.6. The van der Waals surface area contributed by atoms with Crippen molar-refractivity contribution in [1.29, 1.82) is 0 Å². The van der Waals surface area contributed by atoms with Crippen LogP contribution in [0.15, 0.2) is 22.7 Å². The van der Waals surface area contributed by atoms with Gasteiger partial charge < -0.3 is 10.6 Å². The van der Waals surface area contributed by atoms with Crippen molar-refractivity contribution in [2.45, 2.75) is 19.5 Å². The number of carbonyl (C=O) groups is 1. The van der Waals surface area contributed by atoms with E-state index in [-0.39, 0.29) is 18.8 Å². The molecule has 0 atom stereocenters. The fraction of sp³-hybridized carbons (Fsp3) is 0.417. The second kappa shape index (κ2) is 6.38. The fourth-order valence-electron chi connectivity index (χ4n) is 1.55. The lowest BCUT2D eigenvalue weighted by Gasteiger charge is -2.24. The van der Waals surface area contributed by atoms with Gasteiger partial charge in [-0.1, -0.05) is 15.9 Å². The van der Waals surface area contributed by atoms with Gasteiger partial charge in [0.05, 0.1) is 0 Å². The van der Waals surface area contributed by atoms with Gasteiger partial charge in [0, 0.05) is 16.7 Å². The van der Waals surface area contributed by atoms with Gasteiger partial charge in [0.1, 0.15) is 0 Å². The minimum atomic E-state index is -4.89. The molecule has 0 bridgehead atoms. The SMILES string of the molecule is Cc1cc(N(CCCN)C(=O)C(F)(F)F)ccc1Br. The lowest BCUT2D eigenvalue weighted by Crippen LogP contribution is -2.42. The number of hydrogen-bond donors (Lipinski definition) is 1. The van der Waals surface area contributed by atoms with Gasteiger partial charge in [-0.15, -0.1) is 0 Å². The fourth-order valence-corrected chi connectivity index (χ4v) is 1.79. The van der Waals surface area contributed by atoms with Crippen LogP contribution in [0.3, 0.4) is 0 Å². The summed E-state index contributed by atoms with van der Waals surface area (Å²) in [6, 6.07) is 4.62. The molecule has 3 nitrogen and oxygen atoms in total. The number of nitrogens with two attached hydrogens (primary N) is 1. The second-order valence-corrected chi connectivity index (χ2v) is 4.88. The Morgan fingerprint density at radius 2 is 2.05 bits per heavy atom. The summed E-state index contributed by atoms with van der Waals surface area (Å²) < 4.78 is 38.5. The Morgan fingerprint density at radius 3 is 2.53 bits per heavy atom. The molecule has 1 rings (SSSR count). The van der Waals surface area contributed by atoms with E-state index in [1.165, 1.54) is 12.1 Å². The van der Waals surface area contributed by atoms with Crippen LogP contribution in [-0.2, 0) is 4.79 Å². The standard InChI is InChI=1S/C12H14BrF3N2O/c1-8-7-9(3-4-10(8)13)18(6-2-5-17)11(19)12(14,15)16/h3-4,7H,2,5-6,17H2,1H3. The van der Waals surface area contributed by atoms with Crippen LogP contribution in [-0.4, -0.2) is 25.2 Å². The predicted octanol–water partition coefficient (Wildman–Crippen LogP) is 3.00. The van der Waals surface area contributed by atoms with Crippen LogP contribution in [0, 0.1) is 6.92 Å². The zero-order valence-corrected chi connectivity index (χ0v) is 11.9. The van der Waals surface area contributed by atoms with E-state index in [4.69, 9.17) is 5.73 Å². The molecule has 0 unspecified atom stereocenters. The highest BCUT2D eigenvalue weighted by Crippen LogP contribution is 2.27. The molecule has 7 heteroatoms. The summed E-state index contributed by atoms with van der Waals surface area (Å²) in [5, 5.41) is 0. The van der Waals surface area contributed by atoms with E-state index in [0.717, 1.165) is 10.0 Å². The van der Waals surface area contributed by atoms with Crippen LogP contribution in [0.1, 0.15) is 12.0 Å². The van der Waals surface area contributed by atoms with E-state index in [0.29, 0.717) is 11.3 Å². The lowest BCUT2D eigenvalue weighted by atomic mass is 10.2. The topological polar surface area (TPSA) is 46.3 Å². The van der Waals surface area contributed by atoms with Crippen LogP contribution >= 0.6 is 15.9 Å². The Morgan fingerprint density at radius 1 is 1.42 bits per heavy atom. The molecule has 1 aromatic carbocycles. The maximum absolute atomic E-state index is 12.6. The average Bonchev–Trinajstić information content (AvgIpc) is 2.32. The van der Waals surface area contributed by atoms with Crippen LogP contribution in [0.5, 0.6) is 0 Å². The lowest BCUT2D eigenvalue weighted by molar-refractivity contribution is -0.170. The average molecular weight is 339 g/mol. The molecule has 0 spiro atoms. The quantitative estimate of drug-likeness (QED) is 0.917. The molecule has 0 heterocycles. The van der Waals surface area contributed by atoms with Gasteiger partial charge in [0.15, 0.2) is 0 Å². The third-order valence-corrected chi connectivity index (χ3v) is 3.42. The maximum Gasteiger partial charge on any atom is 0.471 e. The number of hydrogen-bond acceptors (Lipinski definition) is 2. The number of carbonyl (C=O) groups excluding carboxylic acids is 1. The van der Waals surface area contributed by atoms with Crippen LogP contribution in [0.4, 0.5) is 18.9 Å². The second-order valence-electron chi connectivity index (χ2n) is 4.03. The first-order chi connectivity index (χ1) is 8.77. The van der Waals surface area contributed by atoms with Gasteiger partial charge in [-0.05, 0) is 43.7 Å². The van der Waals surface area contributed by atoms with Crippen LogP contribution in [0.2, 0.25) is 0 Å². The van der Waals surface area contributed by atoms with Crippen molar-refractivity contribution in [3.8, 4) is 0 Å². The highest BCUT2D eigenvalue weighted by molar-refractivity contribution is 9.10. The summed E-state index contributed by atoms with van der Waals surface area (Å²) in [5.74, 6) is -1.87. The molecule has 0 saturated heterocycles. The minimum absolute atomic E-state index is 0.0596. The molecule has 1 aromatic rings. The van der Waals surface area contributed by atoms with Gasteiger partial charge in [-0.3, -0.25) is 4.79 Å². The van der Waals surface area contributed by atoms with Crippen molar-refractivity contribution in [2.24, 2.45) is 5.73 Å². The molecule has 19 heavy (non-hydrogen) atoms. The summed E-state index contributed by atoms with van der Waals surface area (Å²) in [4.78, 5) is 12.1. The first-order valence-electron chi connectivity index (χ1n) is 5.62. The summed E-state index contributed by atoms with van der Waals surface area (Å²) >= 11 is 3.26. The number of rotatable bonds is 4. The molecule has 0 aliphatic rings. The summed E-state index contributed by atoms with van der Waals surface area (Å²) in [7, 11) is 0. The van der Waals surface area contributed by atoms with Crippen molar-refractivity contribution >= 4 is 27.5 Å². The normalized spacial score (nSPS) is 11.5. The highest BCUT2D eigenvalue weighted by Gasteiger charge is 2.42. The smallest absolute Gasteiger partial charge is 0.330 e. The number of anilines is 1. The molecule has 0 aliphatic heterocycles. The molecule has 0 radical (unpaired) electrons. The van der Waals surface area contributed by atoms with Crippen LogP contribution < -0.4 is 10.6 Å². The molecule has 0 aliphatic carbocycles. The van der Waals surface area contributed by atoms with Crippen molar-refractivity contribution in [1.82, 2.24) is 0 Å². The summed E-state index contributed by atoms with van der Waals surface area (Å²) in [5.41, 5.74) is 6.27. The molecule has 106 valence electrons. The number of aryl methyl sites for hydroxylation is 1. The Kier molecular flexibility index (Phi) is 5.37. The van der Waals surface area contributed by atoms with Gasteiger partial charge in [0.2, 0.25) is 0 Å². The van der Waals surface area contributed by atoms with E-state index in [1.807, 2.05) is 0 Å². The largest absolute Gasteiger partial charge is 0.471 e. The number of benzene rings is 1. The molecular weight excluding hydrogens is 325 g/mol. The van der Waals surface area contributed by atoms with Gasteiger partial charge in [0.25, 0.3) is 0 Å². The summed E-state index contributed by atoms with van der Waals surface area (Å²) in [6.45, 7) is 1.90. The van der Waals surface area contributed by atoms with Crippen LogP contribution in [0.25, 0.3) is 0 Å². The molecule has 0 saturated carbocycles. The molecule has 2 N–H and O–H groups in total. The van der Waals surface area contributed by atoms with Gasteiger partial charge in [-0.2, -0.15) is 13.2 Å². The Labute approximate surface area is 117 Å². The Balaban J connectivity index is 3.09. The highest BCUT2D eigenvalue weighted by atomic mass is 79.9. The minimum Gasteiger partial charge on any atom is -0.330 e. The summed E-state index contributed by atoms with van der Waals surface area (Å²) in [6.07, 6.45) is -4.59. The molecule has 1 amide bonds. The molecule has 0 aromatic heterocycles. The Hall–Kier alpha value is -1.08. The van der Waals surface area contributed by atoms with E-state index < -0.39 is 12.1 Å². The molecular formula is C12H14BrF3N2O. The van der Waals surface area contributed by atoms with Crippen molar-refractivity contribution in [2.75, 3.05) is 18.0 Å². The van der Waals surface area contributed by atoms with E-state index in [9.17, 15) is 18.0 Å². The van der Waals surface area contributed by atoms with Crippen molar-refractivity contribution < 1.29 is 18.0 Å². The van der Waals surface area contributed by atoms with E-state index in [2.05, 4.69) is 15.9 Å². The first-order valence-corrected chi connectivity index (χ1v) is 6.41. The van der Waals surface area contributed by atoms with Gasteiger partial charge >= 0.3 is 12.1 Å². The van der Waals surface area contributed by atoms with E-state index >= 15 is 0 Å². The first kappa shape index (κ1) is 16.0. The number of alkyl halides is 3. The monoisotopic (exact) mass is 338 g/mol. The van der Waals surface area contributed by atoms with Crippen molar-refractivity contribution in [3.63, 3.8) is 0 Å². The predicted molar refractivity (Wildman–Crippen MR) is 71.0 cm³/mol.